The molecule has 0 aromatic heterocycles. The van der Waals surface area contributed by atoms with Crippen molar-refractivity contribution in [2.75, 3.05) is 26.6 Å². The molecule has 3 rings (SSSR count). The lowest BCUT2D eigenvalue weighted by Crippen LogP contribution is -2.26. The zero-order chi connectivity index (χ0) is 22.2. The largest absolute Gasteiger partial charge is 0.497 e. The van der Waals surface area contributed by atoms with Crippen LogP contribution in [0.4, 0.5) is 5.69 Å². The Morgan fingerprint density at radius 2 is 1.48 bits per heavy atom. The third-order valence-electron chi connectivity index (χ3n) is 4.53. The van der Waals surface area contributed by atoms with Crippen LogP contribution in [0.15, 0.2) is 72.8 Å². The monoisotopic (exact) mass is 421 g/mol. The van der Waals surface area contributed by atoms with E-state index < -0.39 is 18.0 Å². The first kappa shape index (κ1) is 21.7. The lowest BCUT2D eigenvalue weighted by Gasteiger charge is -2.19. The van der Waals surface area contributed by atoms with E-state index in [1.807, 2.05) is 6.07 Å². The van der Waals surface area contributed by atoms with E-state index >= 15 is 0 Å². The maximum Gasteiger partial charge on any atom is 0.343 e. The molecule has 0 fully saturated rings. The van der Waals surface area contributed by atoms with Gasteiger partial charge in [-0.05, 0) is 24.3 Å². The molecule has 0 aliphatic rings. The zero-order valence-corrected chi connectivity index (χ0v) is 17.5. The second kappa shape index (κ2) is 10.2. The van der Waals surface area contributed by atoms with Crippen LogP contribution in [0.1, 0.15) is 22.0 Å². The fraction of sp³-hybridized carbons (Fsp3) is 0.167. The van der Waals surface area contributed by atoms with Crippen LogP contribution in [0.25, 0.3) is 0 Å². The van der Waals surface area contributed by atoms with E-state index in [1.165, 1.54) is 27.4 Å². The summed E-state index contributed by atoms with van der Waals surface area (Å²) in [6.07, 6.45) is -1.17. The summed E-state index contributed by atoms with van der Waals surface area (Å²) in [5.41, 5.74) is 1.23. The zero-order valence-electron chi connectivity index (χ0n) is 17.5. The Hall–Kier alpha value is -4.00. The average Bonchev–Trinajstić information content (AvgIpc) is 2.82. The van der Waals surface area contributed by atoms with Gasteiger partial charge < -0.3 is 24.3 Å². The van der Waals surface area contributed by atoms with Crippen LogP contribution in [0.3, 0.4) is 0 Å². The molecule has 0 saturated heterocycles. The van der Waals surface area contributed by atoms with Crippen molar-refractivity contribution in [1.29, 1.82) is 0 Å². The lowest BCUT2D eigenvalue weighted by atomic mass is 10.1. The van der Waals surface area contributed by atoms with E-state index in [1.54, 1.807) is 60.7 Å². The number of carbonyl (C=O) groups is 2. The van der Waals surface area contributed by atoms with Crippen molar-refractivity contribution >= 4 is 17.6 Å². The number of methoxy groups -OCH3 is 3. The molecule has 0 spiro atoms. The Bertz CT molecular complexity index is 1050. The summed E-state index contributed by atoms with van der Waals surface area (Å²) in [5.74, 6) is 0.205. The van der Waals surface area contributed by atoms with Crippen molar-refractivity contribution in [2.24, 2.45) is 0 Å². The second-order valence-corrected chi connectivity index (χ2v) is 6.48. The van der Waals surface area contributed by atoms with E-state index in [4.69, 9.17) is 18.9 Å². The normalized spacial score (nSPS) is 11.2. The third kappa shape index (κ3) is 5.33. The minimum absolute atomic E-state index is 0.179. The van der Waals surface area contributed by atoms with Crippen LogP contribution in [-0.2, 0) is 9.53 Å². The molecule has 7 nitrogen and oxygen atoms in total. The van der Waals surface area contributed by atoms with Crippen molar-refractivity contribution in [3.63, 3.8) is 0 Å². The van der Waals surface area contributed by atoms with Crippen molar-refractivity contribution < 1.29 is 28.5 Å². The smallest absolute Gasteiger partial charge is 0.343 e. The summed E-state index contributed by atoms with van der Waals surface area (Å²) < 4.78 is 21.3. The number of hydrogen-bond acceptors (Lipinski definition) is 6. The Kier molecular flexibility index (Phi) is 7.11. The molecular formula is C24H23NO6. The fourth-order valence-electron chi connectivity index (χ4n) is 2.95. The van der Waals surface area contributed by atoms with E-state index in [2.05, 4.69) is 5.32 Å². The number of carbonyl (C=O) groups excluding carboxylic acids is 2. The molecule has 3 aromatic carbocycles. The van der Waals surface area contributed by atoms with Crippen LogP contribution in [0.2, 0.25) is 0 Å². The van der Waals surface area contributed by atoms with Gasteiger partial charge in [-0.1, -0.05) is 36.4 Å². The Morgan fingerprint density at radius 3 is 2.16 bits per heavy atom. The van der Waals surface area contributed by atoms with Gasteiger partial charge >= 0.3 is 5.97 Å². The molecule has 1 amide bonds. The molecule has 0 aliphatic carbocycles. The van der Waals surface area contributed by atoms with Gasteiger partial charge in [0.15, 0.2) is 0 Å². The van der Waals surface area contributed by atoms with Gasteiger partial charge in [0, 0.05) is 23.4 Å². The molecular weight excluding hydrogens is 398 g/mol. The van der Waals surface area contributed by atoms with Crippen molar-refractivity contribution in [3.05, 3.63) is 83.9 Å². The van der Waals surface area contributed by atoms with Gasteiger partial charge in [-0.15, -0.1) is 0 Å². The molecule has 1 N–H and O–H groups in total. The number of hydrogen-bond donors (Lipinski definition) is 1. The van der Waals surface area contributed by atoms with E-state index in [0.717, 1.165) is 0 Å². The highest BCUT2D eigenvalue weighted by molar-refractivity contribution is 5.99. The van der Waals surface area contributed by atoms with Crippen molar-refractivity contribution in [2.45, 2.75) is 6.10 Å². The number of ether oxygens (including phenoxy) is 4. The third-order valence-corrected chi connectivity index (χ3v) is 4.53. The van der Waals surface area contributed by atoms with Gasteiger partial charge in [-0.25, -0.2) is 4.79 Å². The summed E-state index contributed by atoms with van der Waals surface area (Å²) in [6.45, 7) is 0. The molecule has 0 aliphatic heterocycles. The average molecular weight is 421 g/mol. The Morgan fingerprint density at radius 1 is 0.774 bits per heavy atom. The summed E-state index contributed by atoms with van der Waals surface area (Å²) in [4.78, 5) is 26.0. The summed E-state index contributed by atoms with van der Waals surface area (Å²) in [7, 11) is 4.49. The highest BCUT2D eigenvalue weighted by atomic mass is 16.6. The van der Waals surface area contributed by atoms with Gasteiger partial charge in [-0.3, -0.25) is 4.79 Å². The molecule has 1 atom stereocenters. The molecule has 0 bridgehead atoms. The first-order chi connectivity index (χ1) is 15.0. The van der Waals surface area contributed by atoms with Gasteiger partial charge in [0.25, 0.3) is 5.91 Å². The van der Waals surface area contributed by atoms with Crippen molar-refractivity contribution in [3.8, 4) is 17.2 Å². The highest BCUT2D eigenvalue weighted by Crippen LogP contribution is 2.28. The standard InChI is InChI=1S/C24H23NO6/c1-28-18-11-7-10-17(14-18)25-23(26)22(16-8-5-4-6-9-16)31-24(27)20-13-12-19(29-2)15-21(20)30-3/h4-15,22H,1-3H3,(H,25,26). The molecule has 0 saturated carbocycles. The SMILES string of the molecule is COc1cccc(NC(=O)C(OC(=O)c2ccc(OC)cc2OC)c2ccccc2)c1. The molecule has 1 unspecified atom stereocenters. The van der Waals surface area contributed by atoms with Gasteiger partial charge in [-0.2, -0.15) is 0 Å². The number of rotatable bonds is 8. The minimum atomic E-state index is -1.17. The van der Waals surface area contributed by atoms with Gasteiger partial charge in [0.2, 0.25) is 6.10 Å². The van der Waals surface area contributed by atoms with Crippen molar-refractivity contribution in [1.82, 2.24) is 0 Å². The maximum atomic E-state index is 13.1. The molecule has 31 heavy (non-hydrogen) atoms. The topological polar surface area (TPSA) is 83.1 Å². The predicted molar refractivity (Wildman–Crippen MR) is 116 cm³/mol. The van der Waals surface area contributed by atoms with E-state index in [-0.39, 0.29) is 11.3 Å². The minimum Gasteiger partial charge on any atom is -0.497 e. The van der Waals surface area contributed by atoms with E-state index in [0.29, 0.717) is 22.7 Å². The summed E-state index contributed by atoms with van der Waals surface area (Å²) in [5, 5.41) is 2.77. The molecule has 3 aromatic rings. The number of amides is 1. The highest BCUT2D eigenvalue weighted by Gasteiger charge is 2.27. The first-order valence-corrected chi connectivity index (χ1v) is 9.48. The number of nitrogens with one attached hydrogen (secondary N) is 1. The number of esters is 1. The summed E-state index contributed by atoms with van der Waals surface area (Å²) >= 11 is 0. The van der Waals surface area contributed by atoms with Gasteiger partial charge in [0.05, 0.1) is 21.3 Å². The lowest BCUT2D eigenvalue weighted by molar-refractivity contribution is -0.125. The Labute approximate surface area is 180 Å². The van der Waals surface area contributed by atoms with Gasteiger partial charge in [0.1, 0.15) is 22.8 Å². The second-order valence-electron chi connectivity index (χ2n) is 6.48. The summed E-state index contributed by atoms with van der Waals surface area (Å²) in [6, 6.07) is 20.4. The molecule has 7 heteroatoms. The first-order valence-electron chi connectivity index (χ1n) is 9.48. The quantitative estimate of drug-likeness (QED) is 0.548. The fourth-order valence-corrected chi connectivity index (χ4v) is 2.95. The van der Waals surface area contributed by atoms with E-state index in [9.17, 15) is 9.59 Å². The Balaban J connectivity index is 1.87. The maximum absolute atomic E-state index is 13.1. The number of anilines is 1. The van der Waals surface area contributed by atoms with Crippen LogP contribution < -0.4 is 19.5 Å². The van der Waals surface area contributed by atoms with Crippen LogP contribution >= 0.6 is 0 Å². The molecule has 0 heterocycles. The molecule has 0 radical (unpaired) electrons. The van der Waals surface area contributed by atoms with Crippen LogP contribution in [0, 0.1) is 0 Å². The predicted octanol–water partition coefficient (Wildman–Crippen LogP) is 4.25. The van der Waals surface area contributed by atoms with Crippen LogP contribution in [0.5, 0.6) is 17.2 Å². The molecule has 160 valence electrons. The number of benzene rings is 3. The van der Waals surface area contributed by atoms with Crippen LogP contribution in [-0.4, -0.2) is 33.2 Å².